The van der Waals surface area contributed by atoms with E-state index in [0.717, 1.165) is 76.6 Å². The Hall–Kier alpha value is -5.66. The quantitative estimate of drug-likeness (QED) is 0.131. The highest BCUT2D eigenvalue weighted by atomic mass is 16.4. The molecule has 0 bridgehead atoms. The Kier molecular flexibility index (Phi) is 10.9. The molecule has 3 aliphatic heterocycles. The van der Waals surface area contributed by atoms with Crippen molar-refractivity contribution in [2.75, 3.05) is 33.2 Å². The number of nitrogens with zero attached hydrogens (tertiary/aromatic N) is 6. The van der Waals surface area contributed by atoms with Crippen LogP contribution in [0.3, 0.4) is 0 Å². The van der Waals surface area contributed by atoms with Gasteiger partial charge in [0.2, 0.25) is 11.8 Å². The number of hydrogen-bond donors (Lipinski definition) is 5. The van der Waals surface area contributed by atoms with Crippen LogP contribution in [0, 0.1) is 11.8 Å². The van der Waals surface area contributed by atoms with Gasteiger partial charge in [0.15, 0.2) is 5.96 Å². The molecule has 5 heterocycles. The second-order valence-electron chi connectivity index (χ2n) is 15.5. The SMILES string of the molecule is CC(C)[C@H](NC1=NCCN1)C(=O)N1CCC[C@H]1c1ncc(-c2ccc(-c3ccc(-c4cnc([C@@H]5CCCN5C(=O)[C@H](C(C)C)N(C)C(=O)O)[nH]4)cc3)cc2)[nH]1. The van der Waals surface area contributed by atoms with Crippen molar-refractivity contribution in [2.24, 2.45) is 16.8 Å². The molecule has 4 aromatic rings. The predicted octanol–water partition coefficient (Wildman–Crippen LogP) is 5.67. The maximum Gasteiger partial charge on any atom is 0.407 e. The monoisotopic (exact) mass is 748 g/mol. The van der Waals surface area contributed by atoms with E-state index < -0.39 is 12.1 Å². The van der Waals surface area contributed by atoms with E-state index in [9.17, 15) is 19.5 Å². The molecule has 2 fully saturated rings. The zero-order valence-electron chi connectivity index (χ0n) is 32.2. The van der Waals surface area contributed by atoms with Gasteiger partial charge in [-0.05, 0) is 59.8 Å². The topological polar surface area (TPSA) is 175 Å². The smallest absolute Gasteiger partial charge is 0.407 e. The third-order valence-electron chi connectivity index (χ3n) is 11.1. The van der Waals surface area contributed by atoms with Crippen molar-refractivity contribution in [3.8, 4) is 33.6 Å². The summed E-state index contributed by atoms with van der Waals surface area (Å²) in [5, 5.41) is 16.1. The van der Waals surface area contributed by atoms with Gasteiger partial charge in [-0.2, -0.15) is 0 Å². The molecule has 2 aromatic carbocycles. The number of nitrogens with one attached hydrogen (secondary N) is 4. The fourth-order valence-corrected chi connectivity index (χ4v) is 8.14. The molecular formula is C41H52N10O4. The van der Waals surface area contributed by atoms with E-state index in [4.69, 9.17) is 4.98 Å². The Morgan fingerprint density at radius 1 is 0.764 bits per heavy atom. The van der Waals surface area contributed by atoms with Crippen LogP contribution in [0.5, 0.6) is 0 Å². The van der Waals surface area contributed by atoms with E-state index in [2.05, 4.69) is 93.0 Å². The summed E-state index contributed by atoms with van der Waals surface area (Å²) in [6.07, 6.45) is 5.92. The number of carbonyl (C=O) groups is 3. The van der Waals surface area contributed by atoms with Crippen molar-refractivity contribution < 1.29 is 19.5 Å². The number of aromatic nitrogens is 4. The van der Waals surface area contributed by atoms with Crippen molar-refractivity contribution in [3.05, 3.63) is 72.6 Å². The Bertz CT molecular complexity index is 2020. The maximum atomic E-state index is 13.8. The number of carboxylic acid groups (broad SMARTS) is 1. The third-order valence-corrected chi connectivity index (χ3v) is 11.1. The first-order valence-corrected chi connectivity index (χ1v) is 19.4. The molecule has 3 amide bonds. The lowest BCUT2D eigenvalue weighted by Gasteiger charge is -2.33. The van der Waals surface area contributed by atoms with Crippen molar-refractivity contribution >= 4 is 23.9 Å². The van der Waals surface area contributed by atoms with Crippen molar-refractivity contribution in [1.82, 2.24) is 45.3 Å². The molecule has 14 heteroatoms. The van der Waals surface area contributed by atoms with Gasteiger partial charge in [-0.25, -0.2) is 14.8 Å². The van der Waals surface area contributed by atoms with Crippen molar-refractivity contribution in [3.63, 3.8) is 0 Å². The summed E-state index contributed by atoms with van der Waals surface area (Å²) in [6.45, 7) is 10.6. The molecule has 0 spiro atoms. The van der Waals surface area contributed by atoms with Crippen LogP contribution >= 0.6 is 0 Å². The Balaban J connectivity index is 1.00. The number of aromatic amines is 2. The predicted molar refractivity (Wildman–Crippen MR) is 211 cm³/mol. The number of H-pyrrole nitrogens is 2. The van der Waals surface area contributed by atoms with Gasteiger partial charge in [-0.15, -0.1) is 0 Å². The lowest BCUT2D eigenvalue weighted by molar-refractivity contribution is -0.138. The highest BCUT2D eigenvalue weighted by molar-refractivity contribution is 5.90. The lowest BCUT2D eigenvalue weighted by atomic mass is 10.0. The summed E-state index contributed by atoms with van der Waals surface area (Å²) in [5.74, 6) is 2.03. The normalized spacial score (nSPS) is 19.4. The molecule has 2 aromatic heterocycles. The molecule has 2 saturated heterocycles. The van der Waals surface area contributed by atoms with Crippen molar-refractivity contribution in [1.29, 1.82) is 0 Å². The Morgan fingerprint density at radius 2 is 1.25 bits per heavy atom. The van der Waals surface area contributed by atoms with E-state index in [1.54, 1.807) is 11.1 Å². The van der Waals surface area contributed by atoms with Crippen LogP contribution in [-0.4, -0.2) is 109 Å². The average molecular weight is 749 g/mol. The molecule has 0 unspecified atom stereocenters. The van der Waals surface area contributed by atoms with Gasteiger partial charge < -0.3 is 35.5 Å². The third kappa shape index (κ3) is 7.80. The van der Waals surface area contributed by atoms with Crippen LogP contribution in [0.2, 0.25) is 0 Å². The average Bonchev–Trinajstić information content (AvgIpc) is 4.03. The van der Waals surface area contributed by atoms with Gasteiger partial charge in [-0.3, -0.25) is 19.5 Å². The summed E-state index contributed by atoms with van der Waals surface area (Å²) >= 11 is 0. The molecule has 14 nitrogen and oxygen atoms in total. The van der Waals surface area contributed by atoms with Gasteiger partial charge in [0.05, 0.1) is 42.4 Å². The minimum Gasteiger partial charge on any atom is -0.465 e. The zero-order valence-corrected chi connectivity index (χ0v) is 32.2. The molecule has 3 aliphatic rings. The fourth-order valence-electron chi connectivity index (χ4n) is 8.14. The summed E-state index contributed by atoms with van der Waals surface area (Å²) in [7, 11) is 1.46. The molecule has 0 radical (unpaired) electrons. The first-order valence-electron chi connectivity index (χ1n) is 19.4. The second-order valence-corrected chi connectivity index (χ2v) is 15.5. The summed E-state index contributed by atoms with van der Waals surface area (Å²) in [6, 6.07) is 15.2. The van der Waals surface area contributed by atoms with Gasteiger partial charge in [0.25, 0.3) is 0 Å². The Morgan fingerprint density at radius 3 is 1.69 bits per heavy atom. The van der Waals surface area contributed by atoms with E-state index >= 15 is 0 Å². The number of hydrogen-bond acceptors (Lipinski definition) is 8. The largest absolute Gasteiger partial charge is 0.465 e. The van der Waals surface area contributed by atoms with E-state index in [1.807, 2.05) is 24.9 Å². The molecule has 0 aliphatic carbocycles. The first-order chi connectivity index (χ1) is 26.5. The number of benzene rings is 2. The van der Waals surface area contributed by atoms with Gasteiger partial charge in [0.1, 0.15) is 23.7 Å². The lowest BCUT2D eigenvalue weighted by Crippen LogP contribution is -2.53. The second kappa shape index (κ2) is 16.0. The standard InChI is InChI=1S/C41H52N10O4/c1-24(2)34(48-40-42-18-19-43-40)38(52)50-20-6-8-32(50)36-44-22-30(46-36)28-14-10-26(11-15-28)27-12-16-29(17-13-27)31-23-45-37(47-31)33-9-7-21-51(33)39(53)35(25(3)4)49(5)41(54)55/h10-17,22-25,32-35H,6-9,18-21H2,1-5H3,(H,44,46)(H,45,47)(H,54,55)(H2,42,43,48)/t32-,33-,34-,35-/m0/s1. The van der Waals surface area contributed by atoms with Crippen LogP contribution in [0.4, 0.5) is 4.79 Å². The maximum absolute atomic E-state index is 13.8. The van der Waals surface area contributed by atoms with Crippen LogP contribution in [0.25, 0.3) is 33.6 Å². The number of likely N-dealkylation sites (N-methyl/N-ethyl adjacent to an activating group) is 1. The minimum absolute atomic E-state index is 0.0742. The van der Waals surface area contributed by atoms with Gasteiger partial charge in [-0.1, -0.05) is 76.2 Å². The Labute approximate surface area is 321 Å². The zero-order chi connectivity index (χ0) is 38.8. The molecule has 0 saturated carbocycles. The van der Waals surface area contributed by atoms with E-state index in [1.165, 1.54) is 7.05 Å². The summed E-state index contributed by atoms with van der Waals surface area (Å²) < 4.78 is 0. The van der Waals surface area contributed by atoms with E-state index in [-0.39, 0.29) is 41.8 Å². The number of rotatable bonds is 11. The van der Waals surface area contributed by atoms with Crippen LogP contribution in [0.15, 0.2) is 65.9 Å². The molecule has 4 atom stereocenters. The number of aliphatic imine (C=N–C) groups is 1. The number of guanidine groups is 1. The molecule has 290 valence electrons. The van der Waals surface area contributed by atoms with Crippen LogP contribution in [0.1, 0.15) is 77.1 Å². The molecule has 55 heavy (non-hydrogen) atoms. The number of likely N-dealkylation sites (tertiary alicyclic amines) is 2. The van der Waals surface area contributed by atoms with Crippen molar-refractivity contribution in [2.45, 2.75) is 77.5 Å². The summed E-state index contributed by atoms with van der Waals surface area (Å²) in [4.78, 5) is 64.7. The number of amides is 3. The van der Waals surface area contributed by atoms with Gasteiger partial charge in [0, 0.05) is 26.7 Å². The van der Waals surface area contributed by atoms with E-state index in [0.29, 0.717) is 31.4 Å². The molecule has 5 N–H and O–H groups in total. The molecule has 7 rings (SSSR count). The number of carbonyl (C=O) groups excluding carboxylic acids is 2. The first kappa shape index (κ1) is 37.6. The fraction of sp³-hybridized carbons (Fsp3) is 0.463. The highest BCUT2D eigenvalue weighted by Gasteiger charge is 2.40. The molecular weight excluding hydrogens is 697 g/mol. The van der Waals surface area contributed by atoms with Gasteiger partial charge >= 0.3 is 6.09 Å². The van der Waals surface area contributed by atoms with Crippen LogP contribution < -0.4 is 10.6 Å². The minimum atomic E-state index is -1.12. The van der Waals surface area contributed by atoms with Crippen LogP contribution in [-0.2, 0) is 9.59 Å². The highest BCUT2D eigenvalue weighted by Crippen LogP contribution is 2.35. The number of imidazole rings is 2. The summed E-state index contributed by atoms with van der Waals surface area (Å²) in [5.41, 5.74) is 5.90.